The van der Waals surface area contributed by atoms with Crippen molar-refractivity contribution in [2.45, 2.75) is 57.1 Å². The van der Waals surface area contributed by atoms with Crippen LogP contribution in [0.4, 0.5) is 0 Å². The van der Waals surface area contributed by atoms with Gasteiger partial charge in [-0.05, 0) is 49.8 Å². The molecule has 2 nitrogen and oxygen atoms in total. The largest absolute Gasteiger partial charge is 0.487 e. The van der Waals surface area contributed by atoms with E-state index in [9.17, 15) is 0 Å². The molecule has 19 heavy (non-hydrogen) atoms. The van der Waals surface area contributed by atoms with Crippen LogP contribution in [-0.2, 0) is 0 Å². The average molecular weight is 324 g/mol. The molecular weight excluding hydrogens is 302 g/mol. The number of hydrogen-bond donors (Lipinski definition) is 1. The average Bonchev–Trinajstić information content (AvgIpc) is 2.41. The maximum absolute atomic E-state index is 6.39. The molecule has 0 amide bonds. The van der Waals surface area contributed by atoms with Crippen LogP contribution in [0.15, 0.2) is 22.7 Å². The molecule has 2 N–H and O–H groups in total. The van der Waals surface area contributed by atoms with Gasteiger partial charge in [-0.15, -0.1) is 0 Å². The Hall–Kier alpha value is -0.540. The molecule has 104 valence electrons. The van der Waals surface area contributed by atoms with Crippen LogP contribution < -0.4 is 10.5 Å². The first kappa shape index (κ1) is 13.4. The summed E-state index contributed by atoms with van der Waals surface area (Å²) in [4.78, 5) is 0. The van der Waals surface area contributed by atoms with Crippen LogP contribution in [0.1, 0.15) is 57.1 Å². The molecule has 1 heterocycles. The Labute approximate surface area is 123 Å². The van der Waals surface area contributed by atoms with Gasteiger partial charge in [-0.1, -0.05) is 29.3 Å². The van der Waals surface area contributed by atoms with Gasteiger partial charge in [0.2, 0.25) is 0 Å². The highest BCUT2D eigenvalue weighted by Crippen LogP contribution is 2.47. The zero-order chi connectivity index (χ0) is 13.5. The second-order valence-corrected chi connectivity index (χ2v) is 7.05. The summed E-state index contributed by atoms with van der Waals surface area (Å²) in [5, 5.41) is 0. The van der Waals surface area contributed by atoms with Gasteiger partial charge in [-0.2, -0.15) is 0 Å². The third-order valence-corrected chi connectivity index (χ3v) is 5.38. The Morgan fingerprint density at radius 1 is 1.37 bits per heavy atom. The SMILES string of the molecule is CCC1CCC2(CC1)C[C@H](N)c1cc(Br)ccc1O2. The monoisotopic (exact) mass is 323 g/mol. The summed E-state index contributed by atoms with van der Waals surface area (Å²) < 4.78 is 7.46. The van der Waals surface area contributed by atoms with Crippen molar-refractivity contribution < 1.29 is 4.74 Å². The first-order chi connectivity index (χ1) is 9.12. The van der Waals surface area contributed by atoms with Crippen LogP contribution in [0.5, 0.6) is 5.75 Å². The van der Waals surface area contributed by atoms with Crippen LogP contribution in [0.2, 0.25) is 0 Å². The molecule has 0 saturated heterocycles. The number of ether oxygens (including phenoxy) is 1. The van der Waals surface area contributed by atoms with E-state index in [0.717, 1.165) is 41.0 Å². The maximum atomic E-state index is 6.39. The molecule has 1 spiro atoms. The van der Waals surface area contributed by atoms with E-state index in [2.05, 4.69) is 35.0 Å². The van der Waals surface area contributed by atoms with E-state index in [0.29, 0.717) is 0 Å². The topological polar surface area (TPSA) is 35.2 Å². The minimum Gasteiger partial charge on any atom is -0.487 e. The summed E-state index contributed by atoms with van der Waals surface area (Å²) in [5.74, 6) is 1.88. The lowest BCUT2D eigenvalue weighted by molar-refractivity contribution is -0.0109. The van der Waals surface area contributed by atoms with Gasteiger partial charge in [0.25, 0.3) is 0 Å². The van der Waals surface area contributed by atoms with E-state index in [1.807, 2.05) is 6.07 Å². The molecule has 0 bridgehead atoms. The second-order valence-electron chi connectivity index (χ2n) is 6.13. The summed E-state index contributed by atoms with van der Waals surface area (Å²) in [6, 6.07) is 6.32. The summed E-state index contributed by atoms with van der Waals surface area (Å²) in [7, 11) is 0. The molecule has 1 aromatic rings. The van der Waals surface area contributed by atoms with E-state index in [4.69, 9.17) is 10.5 Å². The molecule has 1 fully saturated rings. The molecule has 1 aliphatic heterocycles. The Morgan fingerprint density at radius 3 is 2.79 bits per heavy atom. The third-order valence-electron chi connectivity index (χ3n) is 4.88. The molecule has 1 aliphatic carbocycles. The number of nitrogens with two attached hydrogens (primary N) is 1. The predicted molar refractivity (Wildman–Crippen MR) is 81.3 cm³/mol. The van der Waals surface area contributed by atoms with Crippen LogP contribution >= 0.6 is 15.9 Å². The fourth-order valence-electron chi connectivity index (χ4n) is 3.61. The number of halogens is 1. The normalized spacial score (nSPS) is 33.8. The molecule has 0 aromatic heterocycles. The number of benzene rings is 1. The Kier molecular flexibility index (Phi) is 3.61. The zero-order valence-corrected chi connectivity index (χ0v) is 13.1. The Balaban J connectivity index is 1.83. The molecular formula is C16H22BrNO. The van der Waals surface area contributed by atoms with Gasteiger partial charge in [0, 0.05) is 22.5 Å². The molecule has 3 rings (SSSR count). The van der Waals surface area contributed by atoms with Crippen LogP contribution in [0, 0.1) is 5.92 Å². The molecule has 0 unspecified atom stereocenters. The van der Waals surface area contributed by atoms with Crippen molar-refractivity contribution in [2.75, 3.05) is 0 Å². The predicted octanol–water partition coefficient (Wildman–Crippen LogP) is 4.57. The highest BCUT2D eigenvalue weighted by Gasteiger charge is 2.42. The van der Waals surface area contributed by atoms with Crippen LogP contribution in [-0.4, -0.2) is 5.60 Å². The molecule has 3 heteroatoms. The van der Waals surface area contributed by atoms with Gasteiger partial charge in [-0.25, -0.2) is 0 Å². The van der Waals surface area contributed by atoms with Gasteiger partial charge >= 0.3 is 0 Å². The highest BCUT2D eigenvalue weighted by atomic mass is 79.9. The first-order valence-electron chi connectivity index (χ1n) is 7.36. The Bertz CT molecular complexity index is 466. The van der Waals surface area contributed by atoms with Crippen molar-refractivity contribution in [3.05, 3.63) is 28.2 Å². The third kappa shape index (κ3) is 2.55. The quantitative estimate of drug-likeness (QED) is 0.821. The Morgan fingerprint density at radius 2 is 2.11 bits per heavy atom. The number of rotatable bonds is 1. The zero-order valence-electron chi connectivity index (χ0n) is 11.5. The van der Waals surface area contributed by atoms with Crippen LogP contribution in [0.25, 0.3) is 0 Å². The van der Waals surface area contributed by atoms with Gasteiger partial charge in [0.05, 0.1) is 0 Å². The fourth-order valence-corrected chi connectivity index (χ4v) is 3.98. The number of fused-ring (bicyclic) bond motifs is 1. The molecule has 2 aliphatic rings. The molecule has 1 aromatic carbocycles. The van der Waals surface area contributed by atoms with Crippen molar-refractivity contribution in [2.24, 2.45) is 11.7 Å². The van der Waals surface area contributed by atoms with E-state index < -0.39 is 0 Å². The second kappa shape index (κ2) is 5.10. The van der Waals surface area contributed by atoms with E-state index in [1.165, 1.54) is 19.3 Å². The summed E-state index contributed by atoms with van der Waals surface area (Å²) >= 11 is 3.51. The smallest absolute Gasteiger partial charge is 0.124 e. The van der Waals surface area contributed by atoms with Crippen molar-refractivity contribution in [3.8, 4) is 5.75 Å². The highest BCUT2D eigenvalue weighted by molar-refractivity contribution is 9.10. The fraction of sp³-hybridized carbons (Fsp3) is 0.625. The van der Waals surface area contributed by atoms with Crippen molar-refractivity contribution in [3.63, 3.8) is 0 Å². The maximum Gasteiger partial charge on any atom is 0.124 e. The first-order valence-corrected chi connectivity index (χ1v) is 8.15. The summed E-state index contributed by atoms with van der Waals surface area (Å²) in [6.07, 6.45) is 7.16. The lowest BCUT2D eigenvalue weighted by atomic mass is 9.73. The summed E-state index contributed by atoms with van der Waals surface area (Å²) in [6.45, 7) is 2.29. The van der Waals surface area contributed by atoms with Crippen molar-refractivity contribution in [1.29, 1.82) is 0 Å². The lowest BCUT2D eigenvalue weighted by Gasteiger charge is -2.45. The standard InChI is InChI=1S/C16H22BrNO/c1-2-11-5-7-16(8-6-11)10-14(18)13-9-12(17)3-4-15(13)19-16/h3-4,9,11,14H,2,5-8,10,18H2,1H3/t11?,14-,16?/m0/s1. The van der Waals surface area contributed by atoms with Gasteiger partial charge < -0.3 is 10.5 Å². The minimum atomic E-state index is 0.00587. The van der Waals surface area contributed by atoms with Crippen molar-refractivity contribution in [1.82, 2.24) is 0 Å². The van der Waals surface area contributed by atoms with Crippen molar-refractivity contribution >= 4 is 15.9 Å². The van der Waals surface area contributed by atoms with E-state index in [1.54, 1.807) is 0 Å². The molecule has 0 radical (unpaired) electrons. The van der Waals surface area contributed by atoms with Gasteiger partial charge in [0.15, 0.2) is 0 Å². The van der Waals surface area contributed by atoms with Crippen LogP contribution in [0.3, 0.4) is 0 Å². The van der Waals surface area contributed by atoms with Gasteiger partial charge in [-0.3, -0.25) is 0 Å². The molecule has 1 atom stereocenters. The number of hydrogen-bond acceptors (Lipinski definition) is 2. The van der Waals surface area contributed by atoms with Gasteiger partial charge in [0.1, 0.15) is 11.4 Å². The molecule has 1 saturated carbocycles. The minimum absolute atomic E-state index is 0.00587. The van der Waals surface area contributed by atoms with E-state index in [-0.39, 0.29) is 11.6 Å². The van der Waals surface area contributed by atoms with E-state index >= 15 is 0 Å². The lowest BCUT2D eigenvalue weighted by Crippen LogP contribution is -2.45. The summed E-state index contributed by atoms with van der Waals surface area (Å²) in [5.41, 5.74) is 7.54.